The molecule has 0 radical (unpaired) electrons. The van der Waals surface area contributed by atoms with Crippen molar-refractivity contribution in [1.82, 2.24) is 9.88 Å². The minimum atomic E-state index is -1.19. The Bertz CT molecular complexity index is 917. The van der Waals surface area contributed by atoms with Crippen molar-refractivity contribution in [3.63, 3.8) is 0 Å². The number of piperazine rings is 1. The molecule has 1 aromatic heterocycles. The predicted molar refractivity (Wildman–Crippen MR) is 97.5 cm³/mol. The molecule has 2 aromatic rings. The lowest BCUT2D eigenvalue weighted by Crippen LogP contribution is -2.49. The predicted octanol–water partition coefficient (Wildman–Crippen LogP) is 1.41. The molecule has 1 aliphatic heterocycles. The largest absolute Gasteiger partial charge is 0.477 e. The molecule has 1 aliphatic carbocycles. The maximum atomic E-state index is 12.6. The number of anilines is 2. The zero-order valence-corrected chi connectivity index (χ0v) is 14.2. The number of hydrogen-bond donors (Lipinski definition) is 3. The van der Waals surface area contributed by atoms with Crippen LogP contribution in [0.15, 0.2) is 23.1 Å². The molecule has 0 bridgehead atoms. The molecule has 25 heavy (non-hydrogen) atoms. The van der Waals surface area contributed by atoms with Gasteiger partial charge >= 0.3 is 5.97 Å². The number of aromatic nitrogens is 1. The third-order valence-corrected chi connectivity index (χ3v) is 5.06. The van der Waals surface area contributed by atoms with E-state index in [0.29, 0.717) is 17.1 Å². The van der Waals surface area contributed by atoms with Crippen LogP contribution < -0.4 is 21.4 Å². The number of carboxylic acid groups (broad SMARTS) is 1. The highest BCUT2D eigenvalue weighted by atomic mass is 16.4. The van der Waals surface area contributed by atoms with Gasteiger partial charge in [0.15, 0.2) is 0 Å². The minimum Gasteiger partial charge on any atom is -0.477 e. The van der Waals surface area contributed by atoms with Crippen molar-refractivity contribution in [3.8, 4) is 0 Å². The summed E-state index contributed by atoms with van der Waals surface area (Å²) >= 11 is 0. The molecule has 1 aromatic carbocycles. The quantitative estimate of drug-likeness (QED) is 0.729. The van der Waals surface area contributed by atoms with Crippen molar-refractivity contribution in [3.05, 3.63) is 34.1 Å². The molecule has 0 amide bonds. The highest BCUT2D eigenvalue weighted by molar-refractivity contribution is 5.96. The molecule has 2 fully saturated rings. The maximum absolute atomic E-state index is 12.6. The van der Waals surface area contributed by atoms with Crippen LogP contribution in [0.1, 0.15) is 36.2 Å². The van der Waals surface area contributed by atoms with Gasteiger partial charge in [0.25, 0.3) is 0 Å². The Morgan fingerprint density at radius 3 is 2.76 bits per heavy atom. The topological polar surface area (TPSA) is 101 Å². The summed E-state index contributed by atoms with van der Waals surface area (Å²) < 4.78 is 1.94. The van der Waals surface area contributed by atoms with E-state index in [2.05, 4.69) is 17.1 Å². The monoisotopic (exact) mass is 342 g/mol. The molecule has 1 atom stereocenters. The molecule has 1 saturated carbocycles. The summed E-state index contributed by atoms with van der Waals surface area (Å²) in [6.07, 6.45) is 3.49. The molecule has 1 unspecified atom stereocenters. The summed E-state index contributed by atoms with van der Waals surface area (Å²) in [4.78, 5) is 26.2. The van der Waals surface area contributed by atoms with Crippen molar-refractivity contribution in [1.29, 1.82) is 0 Å². The van der Waals surface area contributed by atoms with Gasteiger partial charge in [0.2, 0.25) is 5.43 Å². The van der Waals surface area contributed by atoms with E-state index in [9.17, 15) is 14.7 Å². The lowest BCUT2D eigenvalue weighted by molar-refractivity contribution is 0.0695. The Morgan fingerprint density at radius 2 is 2.12 bits per heavy atom. The van der Waals surface area contributed by atoms with Crippen LogP contribution in [0.4, 0.5) is 11.4 Å². The first-order valence-corrected chi connectivity index (χ1v) is 8.65. The van der Waals surface area contributed by atoms with Crippen molar-refractivity contribution in [2.75, 3.05) is 30.3 Å². The van der Waals surface area contributed by atoms with E-state index >= 15 is 0 Å². The van der Waals surface area contributed by atoms with Crippen LogP contribution in [0.3, 0.4) is 0 Å². The molecule has 1 saturated heterocycles. The SMILES string of the molecule is CC1CN(c2cc3c(cc2N)c(=O)c(C(=O)O)cn3C2CC2)CCN1. The Labute approximate surface area is 145 Å². The highest BCUT2D eigenvalue weighted by Gasteiger charge is 2.28. The molecule has 7 nitrogen and oxygen atoms in total. The average Bonchev–Trinajstić information content (AvgIpc) is 3.39. The van der Waals surface area contributed by atoms with Crippen molar-refractivity contribution in [2.24, 2.45) is 0 Å². The number of pyridine rings is 1. The number of benzene rings is 1. The second-order valence-electron chi connectivity index (χ2n) is 7.04. The van der Waals surface area contributed by atoms with Gasteiger partial charge in [-0.15, -0.1) is 0 Å². The summed E-state index contributed by atoms with van der Waals surface area (Å²) in [5, 5.41) is 13.1. The first-order chi connectivity index (χ1) is 12.0. The third-order valence-electron chi connectivity index (χ3n) is 5.06. The summed E-state index contributed by atoms with van der Waals surface area (Å²) in [6, 6.07) is 4.22. The number of nitrogens with zero attached hydrogens (tertiary/aromatic N) is 2. The number of aromatic carboxylic acids is 1. The fourth-order valence-corrected chi connectivity index (χ4v) is 3.63. The van der Waals surface area contributed by atoms with E-state index in [1.807, 2.05) is 10.6 Å². The Kier molecular flexibility index (Phi) is 3.68. The fraction of sp³-hybridized carbons (Fsp3) is 0.444. The Morgan fingerprint density at radius 1 is 1.36 bits per heavy atom. The molecule has 132 valence electrons. The number of rotatable bonds is 3. The van der Waals surface area contributed by atoms with Crippen molar-refractivity contribution >= 4 is 28.2 Å². The van der Waals surface area contributed by atoms with Crippen LogP contribution in [0, 0.1) is 0 Å². The minimum absolute atomic E-state index is 0.192. The lowest BCUT2D eigenvalue weighted by atomic mass is 10.1. The third kappa shape index (κ3) is 2.74. The number of fused-ring (bicyclic) bond motifs is 1. The van der Waals surface area contributed by atoms with Gasteiger partial charge in [0.05, 0.1) is 16.9 Å². The molecule has 0 spiro atoms. The molecule has 2 heterocycles. The van der Waals surface area contributed by atoms with Gasteiger partial charge in [0, 0.05) is 43.3 Å². The normalized spacial score (nSPS) is 20.8. The highest BCUT2D eigenvalue weighted by Crippen LogP contribution is 2.38. The first-order valence-electron chi connectivity index (χ1n) is 8.65. The molecule has 4 N–H and O–H groups in total. The van der Waals surface area contributed by atoms with Gasteiger partial charge < -0.3 is 25.6 Å². The zero-order valence-electron chi connectivity index (χ0n) is 14.2. The smallest absolute Gasteiger partial charge is 0.341 e. The lowest BCUT2D eigenvalue weighted by Gasteiger charge is -2.34. The van der Waals surface area contributed by atoms with Crippen molar-refractivity contribution < 1.29 is 9.90 Å². The van der Waals surface area contributed by atoms with E-state index in [-0.39, 0.29) is 11.6 Å². The summed E-state index contributed by atoms with van der Waals surface area (Å²) in [6.45, 7) is 4.70. The van der Waals surface area contributed by atoms with Crippen LogP contribution in [-0.2, 0) is 0 Å². The second kappa shape index (κ2) is 5.77. The molecular formula is C18H22N4O3. The maximum Gasteiger partial charge on any atom is 0.341 e. The van der Waals surface area contributed by atoms with Gasteiger partial charge in [-0.2, -0.15) is 0 Å². The molecular weight excluding hydrogens is 320 g/mol. The molecule has 7 heteroatoms. The van der Waals surface area contributed by atoms with Crippen molar-refractivity contribution in [2.45, 2.75) is 31.8 Å². The Balaban J connectivity index is 1.92. The van der Waals surface area contributed by atoms with E-state index < -0.39 is 11.4 Å². The van der Waals surface area contributed by atoms with Crippen LogP contribution in [0.25, 0.3) is 10.9 Å². The standard InChI is InChI=1S/C18H22N4O3/c1-10-8-21(5-4-20-10)16-7-15-12(6-14(16)19)17(23)13(18(24)25)9-22(15)11-2-3-11/h6-7,9-11,20H,2-5,8,19H2,1H3,(H,24,25). The number of nitrogens with two attached hydrogens (primary N) is 1. The fourth-order valence-electron chi connectivity index (χ4n) is 3.63. The second-order valence-corrected chi connectivity index (χ2v) is 7.04. The van der Waals surface area contributed by atoms with Gasteiger partial charge in [-0.05, 0) is 31.9 Å². The number of nitrogens with one attached hydrogen (secondary N) is 1. The van der Waals surface area contributed by atoms with Crippen LogP contribution in [-0.4, -0.2) is 41.3 Å². The number of hydrogen-bond acceptors (Lipinski definition) is 5. The zero-order chi connectivity index (χ0) is 17.7. The van der Waals surface area contributed by atoms with Gasteiger partial charge in [0.1, 0.15) is 5.56 Å². The van der Waals surface area contributed by atoms with E-state index in [1.54, 1.807) is 6.07 Å². The van der Waals surface area contributed by atoms with Crippen LogP contribution in [0.5, 0.6) is 0 Å². The van der Waals surface area contributed by atoms with Gasteiger partial charge in [-0.25, -0.2) is 4.79 Å². The number of carboxylic acids is 1. The van der Waals surface area contributed by atoms with E-state index in [1.165, 1.54) is 6.20 Å². The summed E-state index contributed by atoms with van der Waals surface area (Å²) in [7, 11) is 0. The number of carbonyl (C=O) groups is 1. The molecule has 4 rings (SSSR count). The summed E-state index contributed by atoms with van der Waals surface area (Å²) in [5.74, 6) is -1.19. The van der Waals surface area contributed by atoms with Crippen LogP contribution >= 0.6 is 0 Å². The summed E-state index contributed by atoms with van der Waals surface area (Å²) in [5.41, 5.74) is 7.79. The van der Waals surface area contributed by atoms with E-state index in [4.69, 9.17) is 5.73 Å². The molecule has 2 aliphatic rings. The Hall–Kier alpha value is -2.54. The van der Waals surface area contributed by atoms with E-state index in [0.717, 1.165) is 43.7 Å². The number of nitrogen functional groups attached to an aromatic ring is 1. The van der Waals surface area contributed by atoms with Crippen LogP contribution in [0.2, 0.25) is 0 Å². The van der Waals surface area contributed by atoms with Gasteiger partial charge in [-0.1, -0.05) is 0 Å². The van der Waals surface area contributed by atoms with Gasteiger partial charge in [-0.3, -0.25) is 4.79 Å². The first kappa shape index (κ1) is 16.0. The average molecular weight is 342 g/mol.